The molecule has 1 aromatic rings. The van der Waals surface area contributed by atoms with Crippen LogP contribution < -0.4 is 5.32 Å². The molecule has 1 aromatic heterocycles. The summed E-state index contributed by atoms with van der Waals surface area (Å²) in [6.07, 6.45) is -2.19. The summed E-state index contributed by atoms with van der Waals surface area (Å²) in [6, 6.07) is 1.10. The second-order valence-corrected chi connectivity index (χ2v) is 5.30. The van der Waals surface area contributed by atoms with E-state index in [1.54, 1.807) is 0 Å². The Kier molecular flexibility index (Phi) is 6.96. The largest absolute Gasteiger partial charge is 0.435 e. The number of nitrogens with zero attached hydrogens (tertiary/aromatic N) is 2. The summed E-state index contributed by atoms with van der Waals surface area (Å²) in [6.45, 7) is 6.47. The monoisotopic (exact) mass is 326 g/mol. The molecule has 2 rings (SSSR count). The predicted octanol–water partition coefficient (Wildman–Crippen LogP) is 2.67. The average Bonchev–Trinajstić information content (AvgIpc) is 2.86. The highest BCUT2D eigenvalue weighted by molar-refractivity contribution is 5.85. The Bertz CT molecular complexity index is 414. The lowest BCUT2D eigenvalue weighted by molar-refractivity contribution is -0.141. The lowest BCUT2D eigenvalue weighted by Gasteiger charge is -2.31. The van der Waals surface area contributed by atoms with Crippen LogP contribution in [0.2, 0.25) is 0 Å². The number of rotatable bonds is 5. The molecule has 1 aliphatic heterocycles. The van der Waals surface area contributed by atoms with Crippen LogP contribution in [0.4, 0.5) is 13.2 Å². The highest BCUT2D eigenvalue weighted by Gasteiger charge is 2.34. The smallest absolute Gasteiger partial charge is 0.317 e. The van der Waals surface area contributed by atoms with Gasteiger partial charge in [0.05, 0.1) is 0 Å². The van der Waals surface area contributed by atoms with Gasteiger partial charge in [0.2, 0.25) is 0 Å². The molecule has 0 atom stereocenters. The van der Waals surface area contributed by atoms with Crippen molar-refractivity contribution in [1.29, 1.82) is 0 Å². The fraction of sp³-hybridized carbons (Fsp3) is 0.769. The molecule has 1 aliphatic rings. The maximum absolute atomic E-state index is 12.4. The third-order valence-corrected chi connectivity index (χ3v) is 3.71. The molecule has 21 heavy (non-hydrogen) atoms. The molecule has 0 saturated carbocycles. The van der Waals surface area contributed by atoms with Crippen LogP contribution in [0.1, 0.15) is 31.2 Å². The molecule has 8 heteroatoms. The van der Waals surface area contributed by atoms with E-state index in [-0.39, 0.29) is 12.4 Å². The highest BCUT2D eigenvalue weighted by atomic mass is 35.5. The number of H-pyrrole nitrogens is 1. The molecule has 2 N–H and O–H groups in total. The van der Waals surface area contributed by atoms with Crippen molar-refractivity contribution >= 4 is 12.4 Å². The number of hydrogen-bond donors (Lipinski definition) is 2. The number of alkyl halides is 3. The first-order chi connectivity index (χ1) is 9.49. The van der Waals surface area contributed by atoms with Crippen LogP contribution in [0.5, 0.6) is 0 Å². The van der Waals surface area contributed by atoms with Crippen molar-refractivity contribution in [2.75, 3.05) is 26.2 Å². The van der Waals surface area contributed by atoms with Gasteiger partial charge in [-0.25, -0.2) is 0 Å². The standard InChI is InChI=1S/C13H21F3N4.ClH/c1-2-17-8-10-3-5-20(6-4-10)9-11-7-12(19-18-11)13(14,15)16;/h7,10,17H,2-6,8-9H2,1H3,(H,18,19);1H. The first-order valence-electron chi connectivity index (χ1n) is 7.03. The summed E-state index contributed by atoms with van der Waals surface area (Å²) >= 11 is 0. The normalized spacial score (nSPS) is 17.7. The maximum Gasteiger partial charge on any atom is 0.435 e. The van der Waals surface area contributed by atoms with E-state index in [0.717, 1.165) is 45.1 Å². The molecule has 0 unspecified atom stereocenters. The molecule has 0 aromatic carbocycles. The topological polar surface area (TPSA) is 44.0 Å². The second-order valence-electron chi connectivity index (χ2n) is 5.30. The van der Waals surface area contributed by atoms with E-state index in [4.69, 9.17) is 0 Å². The molecule has 0 radical (unpaired) electrons. The van der Waals surface area contributed by atoms with Crippen molar-refractivity contribution in [1.82, 2.24) is 20.4 Å². The van der Waals surface area contributed by atoms with Crippen LogP contribution in [-0.2, 0) is 12.7 Å². The van der Waals surface area contributed by atoms with Gasteiger partial charge < -0.3 is 5.32 Å². The Balaban J connectivity index is 0.00000220. The molecule has 0 aliphatic carbocycles. The van der Waals surface area contributed by atoms with Crippen molar-refractivity contribution in [2.45, 2.75) is 32.5 Å². The SMILES string of the molecule is CCNCC1CCN(Cc2cc(C(F)(F)F)n[nH]2)CC1.Cl. The molecule has 0 amide bonds. The number of halogens is 4. The third kappa shape index (κ3) is 5.48. The molecule has 4 nitrogen and oxygen atoms in total. The summed E-state index contributed by atoms with van der Waals surface area (Å²) in [7, 11) is 0. The van der Waals surface area contributed by atoms with Crippen LogP contribution >= 0.6 is 12.4 Å². The number of nitrogens with one attached hydrogen (secondary N) is 2. The van der Waals surface area contributed by atoms with E-state index in [2.05, 4.69) is 27.3 Å². The molecule has 122 valence electrons. The molecule has 1 saturated heterocycles. The minimum Gasteiger partial charge on any atom is -0.317 e. The fourth-order valence-corrected chi connectivity index (χ4v) is 2.53. The summed E-state index contributed by atoms with van der Waals surface area (Å²) in [5.41, 5.74) is -0.308. The number of likely N-dealkylation sites (tertiary alicyclic amines) is 1. The van der Waals surface area contributed by atoms with E-state index in [9.17, 15) is 13.2 Å². The molecule has 2 heterocycles. The lowest BCUT2D eigenvalue weighted by Crippen LogP contribution is -2.36. The maximum atomic E-state index is 12.4. The Morgan fingerprint density at radius 1 is 1.38 bits per heavy atom. The first-order valence-corrected chi connectivity index (χ1v) is 7.03. The summed E-state index contributed by atoms with van der Waals surface area (Å²) in [5.74, 6) is 0.679. The van der Waals surface area contributed by atoms with E-state index in [1.165, 1.54) is 0 Å². The number of hydrogen-bond acceptors (Lipinski definition) is 3. The fourth-order valence-electron chi connectivity index (χ4n) is 2.53. The van der Waals surface area contributed by atoms with Crippen LogP contribution in [0.3, 0.4) is 0 Å². The Labute approximate surface area is 128 Å². The van der Waals surface area contributed by atoms with Crippen LogP contribution in [-0.4, -0.2) is 41.3 Å². The third-order valence-electron chi connectivity index (χ3n) is 3.71. The van der Waals surface area contributed by atoms with Gasteiger partial charge in [0.15, 0.2) is 5.69 Å². The predicted molar refractivity (Wildman–Crippen MR) is 77.4 cm³/mol. The Morgan fingerprint density at radius 2 is 2.05 bits per heavy atom. The van der Waals surface area contributed by atoms with Gasteiger partial charge in [0, 0.05) is 12.2 Å². The molecular weight excluding hydrogens is 305 g/mol. The van der Waals surface area contributed by atoms with Gasteiger partial charge in [0.25, 0.3) is 0 Å². The molecule has 0 bridgehead atoms. The van der Waals surface area contributed by atoms with Gasteiger partial charge in [-0.2, -0.15) is 18.3 Å². The van der Waals surface area contributed by atoms with E-state index in [0.29, 0.717) is 18.2 Å². The minimum atomic E-state index is -4.37. The quantitative estimate of drug-likeness (QED) is 0.874. The van der Waals surface area contributed by atoms with Crippen molar-refractivity contribution in [2.24, 2.45) is 5.92 Å². The minimum absolute atomic E-state index is 0. The van der Waals surface area contributed by atoms with Gasteiger partial charge >= 0.3 is 6.18 Å². The molecule has 0 spiro atoms. The molecule has 1 fully saturated rings. The van der Waals surface area contributed by atoms with Crippen molar-refractivity contribution < 1.29 is 13.2 Å². The van der Waals surface area contributed by atoms with E-state index >= 15 is 0 Å². The second kappa shape index (κ2) is 8.00. The van der Waals surface area contributed by atoms with Gasteiger partial charge in [0.1, 0.15) is 0 Å². The van der Waals surface area contributed by atoms with Crippen molar-refractivity contribution in [3.8, 4) is 0 Å². The van der Waals surface area contributed by atoms with Crippen LogP contribution in [0.25, 0.3) is 0 Å². The molecular formula is C13H22ClF3N4. The Morgan fingerprint density at radius 3 is 2.57 bits per heavy atom. The zero-order chi connectivity index (χ0) is 14.6. The van der Waals surface area contributed by atoms with Crippen LogP contribution in [0.15, 0.2) is 6.07 Å². The Hall–Kier alpha value is -0.790. The average molecular weight is 327 g/mol. The van der Waals surface area contributed by atoms with Gasteiger partial charge in [-0.05, 0) is 51.0 Å². The van der Waals surface area contributed by atoms with E-state index < -0.39 is 11.9 Å². The van der Waals surface area contributed by atoms with Gasteiger partial charge in [-0.15, -0.1) is 12.4 Å². The zero-order valence-electron chi connectivity index (χ0n) is 12.0. The van der Waals surface area contributed by atoms with Gasteiger partial charge in [-0.3, -0.25) is 10.00 Å². The first kappa shape index (κ1) is 18.3. The number of piperidine rings is 1. The highest BCUT2D eigenvalue weighted by Crippen LogP contribution is 2.28. The van der Waals surface area contributed by atoms with Crippen molar-refractivity contribution in [3.63, 3.8) is 0 Å². The number of aromatic amines is 1. The lowest BCUT2D eigenvalue weighted by atomic mass is 9.96. The summed E-state index contributed by atoms with van der Waals surface area (Å²) < 4.78 is 37.3. The summed E-state index contributed by atoms with van der Waals surface area (Å²) in [5, 5.41) is 9.15. The van der Waals surface area contributed by atoms with Gasteiger partial charge in [-0.1, -0.05) is 6.92 Å². The summed E-state index contributed by atoms with van der Waals surface area (Å²) in [4.78, 5) is 2.18. The number of aromatic nitrogens is 2. The van der Waals surface area contributed by atoms with E-state index in [1.807, 2.05) is 0 Å². The van der Waals surface area contributed by atoms with Crippen molar-refractivity contribution in [3.05, 3.63) is 17.5 Å². The zero-order valence-corrected chi connectivity index (χ0v) is 12.9. The van der Waals surface area contributed by atoms with Crippen LogP contribution in [0, 0.1) is 5.92 Å².